The summed E-state index contributed by atoms with van der Waals surface area (Å²) in [6.45, 7) is 4.19. The fourth-order valence-corrected chi connectivity index (χ4v) is 4.10. The van der Waals surface area contributed by atoms with Crippen molar-refractivity contribution in [1.82, 2.24) is 14.2 Å². The normalized spacial score (nSPS) is 11.6. The maximum absolute atomic E-state index is 12.3. The number of carbonyl (C=O) groups is 2. The summed E-state index contributed by atoms with van der Waals surface area (Å²) in [6, 6.07) is 0. The molecule has 1 heterocycles. The average molecular weight is 335 g/mol. The Bertz CT molecular complexity index is 622. The molecule has 0 aliphatic carbocycles. The van der Waals surface area contributed by atoms with E-state index in [1.165, 1.54) is 11.9 Å². The second kappa shape index (κ2) is 6.96. The van der Waals surface area contributed by atoms with Crippen LogP contribution in [0.2, 0.25) is 0 Å². The van der Waals surface area contributed by atoms with Crippen molar-refractivity contribution in [3.63, 3.8) is 0 Å². The van der Waals surface area contributed by atoms with Crippen molar-refractivity contribution in [1.29, 1.82) is 0 Å². The third kappa shape index (κ3) is 3.77. The first kappa shape index (κ1) is 17.5. The molecule has 8 nitrogen and oxygen atoms in total. The zero-order chi connectivity index (χ0) is 16.2. The zero-order valence-electron chi connectivity index (χ0n) is 11.9. The van der Waals surface area contributed by atoms with E-state index in [2.05, 4.69) is 4.98 Å². The molecule has 10 heteroatoms. The second-order valence-electron chi connectivity index (χ2n) is 4.12. The molecule has 1 rings (SSSR count). The number of likely N-dealkylation sites (N-methyl/N-ethyl adjacent to an activating group) is 2. The molecule has 1 amide bonds. The van der Waals surface area contributed by atoms with Gasteiger partial charge in [-0.1, -0.05) is 0 Å². The summed E-state index contributed by atoms with van der Waals surface area (Å²) >= 11 is 0.714. The number of rotatable bonds is 7. The van der Waals surface area contributed by atoms with Gasteiger partial charge in [0.1, 0.15) is 0 Å². The highest BCUT2D eigenvalue weighted by atomic mass is 32.2. The quantitative estimate of drug-likeness (QED) is 0.769. The van der Waals surface area contributed by atoms with Crippen LogP contribution in [0.5, 0.6) is 0 Å². The Balaban J connectivity index is 3.00. The van der Waals surface area contributed by atoms with Crippen molar-refractivity contribution >= 4 is 33.2 Å². The molecule has 0 fully saturated rings. The van der Waals surface area contributed by atoms with E-state index in [1.807, 2.05) is 0 Å². The maximum Gasteiger partial charge on any atom is 0.356 e. The predicted octanol–water partition coefficient (Wildman–Crippen LogP) is 0.330. The summed E-state index contributed by atoms with van der Waals surface area (Å²) < 4.78 is 25.1. The monoisotopic (exact) mass is 335 g/mol. The van der Waals surface area contributed by atoms with Gasteiger partial charge in [0.25, 0.3) is 10.0 Å². The van der Waals surface area contributed by atoms with Gasteiger partial charge < -0.3 is 10.0 Å². The molecule has 0 unspecified atom stereocenters. The molecule has 1 aromatic rings. The molecule has 1 aromatic heterocycles. The number of hydrogen-bond donors (Lipinski definition) is 1. The van der Waals surface area contributed by atoms with Gasteiger partial charge >= 0.3 is 5.97 Å². The number of aromatic carboxylic acids is 1. The van der Waals surface area contributed by atoms with E-state index >= 15 is 0 Å². The predicted molar refractivity (Wildman–Crippen MR) is 76.8 cm³/mol. The van der Waals surface area contributed by atoms with Gasteiger partial charge in [-0.05, 0) is 13.8 Å². The standard InChI is InChI=1S/C11H17N3O5S2/c1-4-14(5-2)8(15)6-13(3)21(18,19)11-9(10(16)17)12-7-20-11/h7H,4-6H2,1-3H3,(H,16,17). The molecule has 0 aliphatic rings. The molecule has 0 saturated carbocycles. The van der Waals surface area contributed by atoms with Crippen LogP contribution in [-0.2, 0) is 14.8 Å². The summed E-state index contributed by atoms with van der Waals surface area (Å²) in [5.74, 6) is -1.76. The Morgan fingerprint density at radius 2 is 1.90 bits per heavy atom. The van der Waals surface area contributed by atoms with Gasteiger partial charge in [0, 0.05) is 20.1 Å². The van der Waals surface area contributed by atoms with Crippen molar-refractivity contribution in [2.75, 3.05) is 26.7 Å². The van der Waals surface area contributed by atoms with Crippen LogP contribution in [0.15, 0.2) is 9.72 Å². The first-order valence-corrected chi connectivity index (χ1v) is 8.48. The van der Waals surface area contributed by atoms with Gasteiger partial charge in [-0.15, -0.1) is 11.3 Å². The second-order valence-corrected chi connectivity index (χ2v) is 7.22. The third-order valence-corrected chi connectivity index (χ3v) is 6.01. The number of carboxylic acids is 1. The number of carbonyl (C=O) groups excluding carboxylic acids is 1. The molecule has 0 spiro atoms. The van der Waals surface area contributed by atoms with Crippen molar-refractivity contribution in [3.05, 3.63) is 11.2 Å². The van der Waals surface area contributed by atoms with E-state index in [1.54, 1.807) is 13.8 Å². The minimum Gasteiger partial charge on any atom is -0.476 e. The zero-order valence-corrected chi connectivity index (χ0v) is 13.6. The Morgan fingerprint density at radius 1 is 1.33 bits per heavy atom. The fraction of sp³-hybridized carbons (Fsp3) is 0.545. The first-order valence-electron chi connectivity index (χ1n) is 6.16. The molecule has 118 valence electrons. The number of sulfonamides is 1. The Kier molecular flexibility index (Phi) is 5.81. The van der Waals surface area contributed by atoms with Crippen LogP contribution in [0.25, 0.3) is 0 Å². The van der Waals surface area contributed by atoms with Crippen molar-refractivity contribution in [3.8, 4) is 0 Å². The highest BCUT2D eigenvalue weighted by Gasteiger charge is 2.31. The lowest BCUT2D eigenvalue weighted by atomic mass is 10.4. The van der Waals surface area contributed by atoms with E-state index in [9.17, 15) is 18.0 Å². The lowest BCUT2D eigenvalue weighted by molar-refractivity contribution is -0.130. The van der Waals surface area contributed by atoms with Gasteiger partial charge in [-0.2, -0.15) is 4.31 Å². The minimum absolute atomic E-state index is 0.340. The molecule has 0 aromatic carbocycles. The highest BCUT2D eigenvalue weighted by molar-refractivity contribution is 7.91. The van der Waals surface area contributed by atoms with Crippen LogP contribution in [-0.4, -0.2) is 66.3 Å². The van der Waals surface area contributed by atoms with Gasteiger partial charge in [0.05, 0.1) is 12.1 Å². The van der Waals surface area contributed by atoms with E-state index in [0.29, 0.717) is 24.4 Å². The van der Waals surface area contributed by atoms with Gasteiger partial charge in [-0.3, -0.25) is 4.79 Å². The van der Waals surface area contributed by atoms with Crippen LogP contribution in [0.4, 0.5) is 0 Å². The third-order valence-electron chi connectivity index (χ3n) is 2.86. The lowest BCUT2D eigenvalue weighted by Crippen LogP contribution is -2.41. The molecular weight excluding hydrogens is 318 g/mol. The van der Waals surface area contributed by atoms with E-state index < -0.39 is 21.7 Å². The van der Waals surface area contributed by atoms with Crippen molar-refractivity contribution in [2.45, 2.75) is 18.1 Å². The molecule has 21 heavy (non-hydrogen) atoms. The van der Waals surface area contributed by atoms with Gasteiger partial charge in [0.2, 0.25) is 5.91 Å². The Morgan fingerprint density at radius 3 is 2.38 bits per heavy atom. The Hall–Kier alpha value is -1.52. The van der Waals surface area contributed by atoms with Crippen LogP contribution < -0.4 is 0 Å². The average Bonchev–Trinajstić information content (AvgIpc) is 2.89. The molecular formula is C11H17N3O5S2. The summed E-state index contributed by atoms with van der Waals surface area (Å²) in [5.41, 5.74) is 0.623. The fourth-order valence-electron chi connectivity index (χ4n) is 1.65. The molecule has 0 aliphatic heterocycles. The number of thiazole rings is 1. The minimum atomic E-state index is -4.06. The van der Waals surface area contributed by atoms with Gasteiger partial charge in [0.15, 0.2) is 9.90 Å². The van der Waals surface area contributed by atoms with Crippen LogP contribution in [0.3, 0.4) is 0 Å². The van der Waals surface area contributed by atoms with E-state index in [0.717, 1.165) is 9.82 Å². The largest absolute Gasteiger partial charge is 0.476 e. The molecule has 0 bridgehead atoms. The van der Waals surface area contributed by atoms with Crippen molar-refractivity contribution < 1.29 is 23.1 Å². The topological polar surface area (TPSA) is 108 Å². The van der Waals surface area contributed by atoms with Crippen LogP contribution in [0.1, 0.15) is 24.3 Å². The van der Waals surface area contributed by atoms with Crippen LogP contribution >= 0.6 is 11.3 Å². The SMILES string of the molecule is CCN(CC)C(=O)CN(C)S(=O)(=O)c1scnc1C(=O)O. The van der Waals surface area contributed by atoms with E-state index in [4.69, 9.17) is 5.11 Å². The summed E-state index contributed by atoms with van der Waals surface area (Å²) in [7, 11) is -2.82. The number of nitrogens with zero attached hydrogens (tertiary/aromatic N) is 3. The molecule has 0 radical (unpaired) electrons. The number of hydrogen-bond acceptors (Lipinski definition) is 6. The van der Waals surface area contributed by atoms with Crippen molar-refractivity contribution in [2.24, 2.45) is 0 Å². The van der Waals surface area contributed by atoms with E-state index in [-0.39, 0.29) is 16.7 Å². The first-order chi connectivity index (χ1) is 9.75. The Labute approximate surface area is 127 Å². The molecule has 1 N–H and O–H groups in total. The molecule has 0 saturated heterocycles. The van der Waals surface area contributed by atoms with Gasteiger partial charge in [-0.25, -0.2) is 18.2 Å². The lowest BCUT2D eigenvalue weighted by Gasteiger charge is -2.22. The number of amides is 1. The smallest absolute Gasteiger partial charge is 0.356 e. The summed E-state index contributed by atoms with van der Waals surface area (Å²) in [4.78, 5) is 27.9. The maximum atomic E-state index is 12.3. The summed E-state index contributed by atoms with van der Waals surface area (Å²) in [5, 5.41) is 8.93. The number of aromatic nitrogens is 1. The highest BCUT2D eigenvalue weighted by Crippen LogP contribution is 2.23. The summed E-state index contributed by atoms with van der Waals surface area (Å²) in [6.07, 6.45) is 0. The van der Waals surface area contributed by atoms with Crippen LogP contribution in [0, 0.1) is 0 Å². The number of carboxylic acid groups (broad SMARTS) is 1. The molecule has 0 atom stereocenters.